The zero-order valence-electron chi connectivity index (χ0n) is 13.4. The highest BCUT2D eigenvalue weighted by Crippen LogP contribution is 2.33. The van der Waals surface area contributed by atoms with Crippen molar-refractivity contribution in [2.45, 2.75) is 51.9 Å². The summed E-state index contributed by atoms with van der Waals surface area (Å²) in [6.07, 6.45) is 6.21. The number of nitrogens with zero attached hydrogens (tertiary/aromatic N) is 2. The number of benzene rings is 1. The van der Waals surface area contributed by atoms with Crippen LogP contribution in [0.5, 0.6) is 5.75 Å². The fourth-order valence-electron chi connectivity index (χ4n) is 2.82. The molecule has 1 saturated carbocycles. The van der Waals surface area contributed by atoms with Gasteiger partial charge in [-0.3, -0.25) is 0 Å². The Morgan fingerprint density at radius 3 is 2.50 bits per heavy atom. The lowest BCUT2D eigenvalue weighted by atomic mass is 9.89. The third-order valence-corrected chi connectivity index (χ3v) is 4.08. The van der Waals surface area contributed by atoms with Crippen molar-refractivity contribution in [3.8, 4) is 17.2 Å². The Balaban J connectivity index is 1.67. The maximum atomic E-state index is 5.88. The maximum Gasteiger partial charge on any atom is 0.247 e. The van der Waals surface area contributed by atoms with E-state index in [-0.39, 0.29) is 0 Å². The molecule has 3 rings (SSSR count). The topological polar surface area (TPSA) is 48.2 Å². The van der Waals surface area contributed by atoms with E-state index >= 15 is 0 Å². The lowest BCUT2D eigenvalue weighted by Crippen LogP contribution is -2.04. The predicted molar refractivity (Wildman–Crippen MR) is 85.9 cm³/mol. The molecule has 22 heavy (non-hydrogen) atoms. The number of hydrogen-bond donors (Lipinski definition) is 0. The van der Waals surface area contributed by atoms with Gasteiger partial charge in [0.2, 0.25) is 11.8 Å². The number of rotatable bonds is 5. The van der Waals surface area contributed by atoms with E-state index in [9.17, 15) is 0 Å². The Bertz CT molecular complexity index is 583. The third kappa shape index (κ3) is 3.67. The van der Waals surface area contributed by atoms with Crippen LogP contribution in [0.4, 0.5) is 0 Å². The third-order valence-electron chi connectivity index (χ3n) is 4.08. The molecule has 0 unspecified atom stereocenters. The molecular weight excluding hydrogens is 276 g/mol. The smallest absolute Gasteiger partial charge is 0.247 e. The van der Waals surface area contributed by atoms with Gasteiger partial charge in [-0.05, 0) is 43.0 Å². The van der Waals surface area contributed by atoms with Crippen molar-refractivity contribution in [2.24, 2.45) is 5.92 Å². The summed E-state index contributed by atoms with van der Waals surface area (Å²) >= 11 is 0. The summed E-state index contributed by atoms with van der Waals surface area (Å²) in [5.41, 5.74) is 0.950. The van der Waals surface area contributed by atoms with Gasteiger partial charge in [-0.25, -0.2) is 0 Å². The van der Waals surface area contributed by atoms with Crippen molar-refractivity contribution in [2.75, 3.05) is 6.61 Å². The fraction of sp³-hybridized carbons (Fsp3) is 0.556. The highest BCUT2D eigenvalue weighted by atomic mass is 16.5. The molecule has 0 amide bonds. The Kier molecular flexibility index (Phi) is 4.76. The molecular formula is C18H24N2O2. The lowest BCUT2D eigenvalue weighted by Gasteiger charge is -2.17. The van der Waals surface area contributed by atoms with Gasteiger partial charge >= 0.3 is 0 Å². The van der Waals surface area contributed by atoms with E-state index in [1.165, 1.54) is 32.1 Å². The van der Waals surface area contributed by atoms with Crippen LogP contribution in [0.3, 0.4) is 0 Å². The van der Waals surface area contributed by atoms with E-state index in [0.717, 1.165) is 23.8 Å². The van der Waals surface area contributed by atoms with E-state index in [1.54, 1.807) is 0 Å². The second-order valence-electron chi connectivity index (χ2n) is 6.51. The molecule has 1 fully saturated rings. The van der Waals surface area contributed by atoms with Crippen molar-refractivity contribution in [1.82, 2.24) is 10.2 Å². The molecule has 0 spiro atoms. The molecule has 0 saturated heterocycles. The first-order chi connectivity index (χ1) is 10.7. The van der Waals surface area contributed by atoms with Crippen LogP contribution in [0.25, 0.3) is 11.5 Å². The number of ether oxygens (including phenoxy) is 1. The summed E-state index contributed by atoms with van der Waals surface area (Å²) in [5, 5.41) is 8.46. The summed E-state index contributed by atoms with van der Waals surface area (Å²) in [6, 6.07) is 7.88. The largest absolute Gasteiger partial charge is 0.493 e. The van der Waals surface area contributed by atoms with Crippen LogP contribution in [0.15, 0.2) is 28.7 Å². The molecule has 1 heterocycles. The highest BCUT2D eigenvalue weighted by molar-refractivity contribution is 5.54. The Hall–Kier alpha value is -1.84. The maximum absolute atomic E-state index is 5.88. The van der Waals surface area contributed by atoms with Gasteiger partial charge in [0.15, 0.2) is 0 Å². The van der Waals surface area contributed by atoms with Crippen molar-refractivity contribution in [3.63, 3.8) is 0 Å². The van der Waals surface area contributed by atoms with Gasteiger partial charge in [-0.1, -0.05) is 33.1 Å². The summed E-state index contributed by atoms with van der Waals surface area (Å²) in [5.74, 6) is 3.26. The molecule has 1 aliphatic rings. The van der Waals surface area contributed by atoms with Crippen LogP contribution < -0.4 is 4.74 Å². The van der Waals surface area contributed by atoms with Crippen molar-refractivity contribution < 1.29 is 9.15 Å². The number of hydrogen-bond acceptors (Lipinski definition) is 4. The first-order valence-electron chi connectivity index (χ1n) is 8.29. The summed E-state index contributed by atoms with van der Waals surface area (Å²) in [7, 11) is 0. The van der Waals surface area contributed by atoms with Gasteiger partial charge in [0, 0.05) is 11.5 Å². The van der Waals surface area contributed by atoms with Crippen LogP contribution in [0, 0.1) is 5.92 Å². The molecule has 0 atom stereocenters. The van der Waals surface area contributed by atoms with Gasteiger partial charge < -0.3 is 9.15 Å². The predicted octanol–water partition coefficient (Wildman–Crippen LogP) is 4.82. The van der Waals surface area contributed by atoms with Gasteiger partial charge in [0.25, 0.3) is 0 Å². The Labute approximate surface area is 131 Å². The van der Waals surface area contributed by atoms with Gasteiger partial charge in [0.1, 0.15) is 5.75 Å². The minimum atomic E-state index is 0.448. The van der Waals surface area contributed by atoms with E-state index < -0.39 is 0 Å². The van der Waals surface area contributed by atoms with E-state index in [0.29, 0.717) is 17.7 Å². The van der Waals surface area contributed by atoms with Crippen LogP contribution in [-0.2, 0) is 0 Å². The first-order valence-corrected chi connectivity index (χ1v) is 8.29. The van der Waals surface area contributed by atoms with Crippen molar-refractivity contribution in [1.29, 1.82) is 0 Å². The van der Waals surface area contributed by atoms with Crippen LogP contribution in [-0.4, -0.2) is 16.8 Å². The van der Waals surface area contributed by atoms with Gasteiger partial charge in [-0.15, -0.1) is 10.2 Å². The van der Waals surface area contributed by atoms with E-state index in [4.69, 9.17) is 9.15 Å². The minimum absolute atomic E-state index is 0.448. The van der Waals surface area contributed by atoms with Gasteiger partial charge in [-0.2, -0.15) is 0 Å². The zero-order chi connectivity index (χ0) is 15.4. The zero-order valence-corrected chi connectivity index (χ0v) is 13.4. The normalized spacial score (nSPS) is 16.1. The number of aromatic nitrogens is 2. The molecule has 1 aromatic heterocycles. The second kappa shape index (κ2) is 6.95. The lowest BCUT2D eigenvalue weighted by molar-refractivity contribution is 0.271. The van der Waals surface area contributed by atoms with E-state index in [1.807, 2.05) is 24.3 Å². The molecule has 4 heteroatoms. The molecule has 2 aromatic rings. The summed E-state index contributed by atoms with van der Waals surface area (Å²) in [6.45, 7) is 5.00. The fourth-order valence-corrected chi connectivity index (χ4v) is 2.82. The quantitative estimate of drug-likeness (QED) is 0.794. The average Bonchev–Trinajstić information content (AvgIpc) is 3.04. The summed E-state index contributed by atoms with van der Waals surface area (Å²) in [4.78, 5) is 0. The first kappa shape index (κ1) is 15.1. The summed E-state index contributed by atoms with van der Waals surface area (Å²) < 4.78 is 11.6. The van der Waals surface area contributed by atoms with Crippen LogP contribution in [0.1, 0.15) is 57.8 Å². The minimum Gasteiger partial charge on any atom is -0.493 e. The monoisotopic (exact) mass is 300 g/mol. The molecule has 1 aliphatic carbocycles. The molecule has 1 aromatic carbocycles. The molecule has 4 nitrogen and oxygen atoms in total. The van der Waals surface area contributed by atoms with Gasteiger partial charge in [0.05, 0.1) is 6.61 Å². The molecule has 0 N–H and O–H groups in total. The molecule has 0 radical (unpaired) electrons. The van der Waals surface area contributed by atoms with Crippen LogP contribution >= 0.6 is 0 Å². The SMILES string of the molecule is CC(C)COc1ccc(-c2nnc(C3CCCCC3)o2)cc1. The standard InChI is InChI=1S/C18H24N2O2/c1-13(2)12-21-16-10-8-15(9-11-16)18-20-19-17(22-18)14-6-4-3-5-7-14/h8-11,13-14H,3-7,12H2,1-2H3. The van der Waals surface area contributed by atoms with Crippen LogP contribution in [0.2, 0.25) is 0 Å². The Morgan fingerprint density at radius 2 is 1.82 bits per heavy atom. The molecule has 118 valence electrons. The van der Waals surface area contributed by atoms with E-state index in [2.05, 4.69) is 24.0 Å². The second-order valence-corrected chi connectivity index (χ2v) is 6.51. The molecule has 0 aliphatic heterocycles. The van der Waals surface area contributed by atoms with Crippen molar-refractivity contribution in [3.05, 3.63) is 30.2 Å². The Morgan fingerprint density at radius 1 is 1.09 bits per heavy atom. The average molecular weight is 300 g/mol. The highest BCUT2D eigenvalue weighted by Gasteiger charge is 2.21. The molecule has 0 bridgehead atoms. The van der Waals surface area contributed by atoms with Crippen molar-refractivity contribution >= 4 is 0 Å².